The van der Waals surface area contributed by atoms with Crippen molar-refractivity contribution in [3.05, 3.63) is 41.0 Å². The highest BCUT2D eigenvalue weighted by Crippen LogP contribution is 2.33. The van der Waals surface area contributed by atoms with Crippen LogP contribution in [0.25, 0.3) is 5.57 Å². The lowest BCUT2D eigenvalue weighted by atomic mass is 10.1. The van der Waals surface area contributed by atoms with E-state index in [-0.39, 0.29) is 5.91 Å². The lowest BCUT2D eigenvalue weighted by Crippen LogP contribution is -2.23. The Bertz CT molecular complexity index is 547. The second kappa shape index (κ2) is 4.19. The quantitative estimate of drug-likeness (QED) is 0.802. The number of benzene rings is 1. The first-order chi connectivity index (χ1) is 8.63. The van der Waals surface area contributed by atoms with Crippen LogP contribution in [0.3, 0.4) is 0 Å². The minimum absolute atomic E-state index is 0.134. The Hall–Kier alpha value is -1.71. The third-order valence-electron chi connectivity index (χ3n) is 3.38. The topological polar surface area (TPSA) is 29.1 Å². The molecule has 1 N–H and O–H groups in total. The van der Waals surface area contributed by atoms with E-state index in [1.54, 1.807) is 0 Å². The number of allylic oxidation sites excluding steroid dienone is 1. The number of hydrogen-bond donors (Lipinski definition) is 1. The molecule has 1 amide bonds. The molecule has 1 aromatic carbocycles. The number of carbonyl (C=O) groups excluding carboxylic acids is 1. The van der Waals surface area contributed by atoms with Crippen LogP contribution in [0.5, 0.6) is 0 Å². The summed E-state index contributed by atoms with van der Waals surface area (Å²) in [6.07, 6.45) is 4.91. The van der Waals surface area contributed by atoms with Crippen molar-refractivity contribution >= 4 is 11.5 Å². The molecule has 0 atom stereocenters. The molecule has 0 saturated heterocycles. The van der Waals surface area contributed by atoms with Crippen LogP contribution in [0.15, 0.2) is 18.2 Å². The molecule has 0 heterocycles. The molecule has 0 aliphatic heterocycles. The lowest BCUT2D eigenvalue weighted by Gasteiger charge is -2.03. The number of aryl methyl sites for hydroxylation is 1. The third-order valence-corrected chi connectivity index (χ3v) is 3.38. The zero-order valence-corrected chi connectivity index (χ0v) is 9.80. The second-order valence-electron chi connectivity index (χ2n) is 4.88. The van der Waals surface area contributed by atoms with Crippen molar-refractivity contribution in [2.24, 2.45) is 0 Å². The zero-order valence-electron chi connectivity index (χ0n) is 9.80. The van der Waals surface area contributed by atoms with Gasteiger partial charge in [-0.05, 0) is 54.5 Å². The van der Waals surface area contributed by atoms with Crippen LogP contribution in [0.1, 0.15) is 30.4 Å². The zero-order chi connectivity index (χ0) is 12.7. The standard InChI is InChI=1S/C14H13F2NO/c15-12-5-8-1-2-9(11(8)7-13(12)16)6-14(18)17-10-3-4-10/h5-7,10H,1-4H2,(H,17,18)/b9-6-. The molecule has 1 saturated carbocycles. The summed E-state index contributed by atoms with van der Waals surface area (Å²) >= 11 is 0. The Morgan fingerprint density at radius 3 is 2.67 bits per heavy atom. The van der Waals surface area contributed by atoms with Crippen molar-refractivity contribution in [1.29, 1.82) is 0 Å². The van der Waals surface area contributed by atoms with Crippen molar-refractivity contribution in [2.75, 3.05) is 0 Å². The molecule has 0 bridgehead atoms. The number of rotatable bonds is 2. The number of carbonyl (C=O) groups is 1. The van der Waals surface area contributed by atoms with Gasteiger partial charge in [-0.15, -0.1) is 0 Å². The average molecular weight is 249 g/mol. The third kappa shape index (κ3) is 2.15. The molecule has 0 spiro atoms. The Balaban J connectivity index is 1.86. The van der Waals surface area contributed by atoms with Gasteiger partial charge in [0.15, 0.2) is 11.6 Å². The monoisotopic (exact) mass is 249 g/mol. The highest BCUT2D eigenvalue weighted by atomic mass is 19.2. The molecular weight excluding hydrogens is 236 g/mol. The van der Waals surface area contributed by atoms with Crippen LogP contribution in [0.2, 0.25) is 0 Å². The van der Waals surface area contributed by atoms with E-state index in [1.165, 1.54) is 18.2 Å². The first kappa shape index (κ1) is 11.4. The van der Waals surface area contributed by atoms with E-state index < -0.39 is 11.6 Å². The average Bonchev–Trinajstić information content (AvgIpc) is 3.05. The van der Waals surface area contributed by atoms with E-state index >= 15 is 0 Å². The maximum Gasteiger partial charge on any atom is 0.244 e. The summed E-state index contributed by atoms with van der Waals surface area (Å²) in [5, 5.41) is 2.85. The van der Waals surface area contributed by atoms with Crippen LogP contribution in [-0.4, -0.2) is 11.9 Å². The van der Waals surface area contributed by atoms with Crippen LogP contribution in [0.4, 0.5) is 8.78 Å². The molecule has 18 heavy (non-hydrogen) atoms. The fourth-order valence-corrected chi connectivity index (χ4v) is 2.28. The van der Waals surface area contributed by atoms with Crippen molar-refractivity contribution < 1.29 is 13.6 Å². The summed E-state index contributed by atoms with van der Waals surface area (Å²) in [7, 11) is 0. The van der Waals surface area contributed by atoms with Gasteiger partial charge < -0.3 is 5.32 Å². The Morgan fingerprint density at radius 1 is 1.22 bits per heavy atom. The van der Waals surface area contributed by atoms with Gasteiger partial charge in [0.2, 0.25) is 5.91 Å². The van der Waals surface area contributed by atoms with E-state index in [0.717, 1.165) is 24.0 Å². The number of nitrogens with one attached hydrogen (secondary N) is 1. The Labute approximate surface area is 104 Å². The summed E-state index contributed by atoms with van der Waals surface area (Å²) in [5.74, 6) is -1.81. The molecule has 94 valence electrons. The smallest absolute Gasteiger partial charge is 0.244 e. The van der Waals surface area contributed by atoms with Gasteiger partial charge in [-0.25, -0.2) is 8.78 Å². The summed E-state index contributed by atoms with van der Waals surface area (Å²) in [6, 6.07) is 2.72. The SMILES string of the molecule is O=C(/C=C1/CCc2cc(F)c(F)cc21)NC1CC1. The maximum atomic E-state index is 13.2. The predicted octanol–water partition coefficient (Wildman–Crippen LogP) is 2.57. The van der Waals surface area contributed by atoms with E-state index in [0.29, 0.717) is 24.4 Å². The summed E-state index contributed by atoms with van der Waals surface area (Å²) in [6.45, 7) is 0. The fourth-order valence-electron chi connectivity index (χ4n) is 2.28. The Morgan fingerprint density at radius 2 is 1.94 bits per heavy atom. The molecule has 1 fully saturated rings. The van der Waals surface area contributed by atoms with E-state index in [9.17, 15) is 13.6 Å². The number of halogens is 2. The van der Waals surface area contributed by atoms with Crippen molar-refractivity contribution in [3.63, 3.8) is 0 Å². The van der Waals surface area contributed by atoms with E-state index in [1.807, 2.05) is 0 Å². The normalized spacial score (nSPS) is 20.0. The van der Waals surface area contributed by atoms with Gasteiger partial charge in [0.25, 0.3) is 0 Å². The summed E-state index contributed by atoms with van der Waals surface area (Å²) < 4.78 is 26.3. The Kier molecular flexibility index (Phi) is 2.65. The fraction of sp³-hybridized carbons (Fsp3) is 0.357. The number of amides is 1. The molecule has 0 aromatic heterocycles. The van der Waals surface area contributed by atoms with Crippen molar-refractivity contribution in [3.8, 4) is 0 Å². The predicted molar refractivity (Wildman–Crippen MR) is 63.8 cm³/mol. The highest BCUT2D eigenvalue weighted by molar-refractivity contribution is 5.96. The van der Waals surface area contributed by atoms with Gasteiger partial charge in [-0.3, -0.25) is 4.79 Å². The van der Waals surface area contributed by atoms with Crippen LogP contribution in [0, 0.1) is 11.6 Å². The van der Waals surface area contributed by atoms with Crippen LogP contribution >= 0.6 is 0 Å². The lowest BCUT2D eigenvalue weighted by molar-refractivity contribution is -0.116. The molecule has 2 aliphatic rings. The number of fused-ring (bicyclic) bond motifs is 1. The molecule has 1 aromatic rings. The van der Waals surface area contributed by atoms with Crippen LogP contribution < -0.4 is 5.32 Å². The summed E-state index contributed by atoms with van der Waals surface area (Å²) in [5.41, 5.74) is 2.24. The van der Waals surface area contributed by atoms with Gasteiger partial charge in [0.05, 0.1) is 0 Å². The molecule has 2 aliphatic carbocycles. The van der Waals surface area contributed by atoms with Crippen molar-refractivity contribution in [1.82, 2.24) is 5.32 Å². The van der Waals surface area contributed by atoms with Gasteiger partial charge in [0, 0.05) is 12.1 Å². The molecule has 3 rings (SSSR count). The largest absolute Gasteiger partial charge is 0.350 e. The molecule has 2 nitrogen and oxygen atoms in total. The van der Waals surface area contributed by atoms with Gasteiger partial charge in [-0.2, -0.15) is 0 Å². The molecule has 0 unspecified atom stereocenters. The summed E-state index contributed by atoms with van der Waals surface area (Å²) in [4.78, 5) is 11.7. The number of hydrogen-bond acceptors (Lipinski definition) is 1. The van der Waals surface area contributed by atoms with Crippen molar-refractivity contribution in [2.45, 2.75) is 31.7 Å². The van der Waals surface area contributed by atoms with E-state index in [4.69, 9.17) is 0 Å². The molecule has 4 heteroatoms. The highest BCUT2D eigenvalue weighted by Gasteiger charge is 2.24. The van der Waals surface area contributed by atoms with Gasteiger partial charge in [0.1, 0.15) is 0 Å². The first-order valence-corrected chi connectivity index (χ1v) is 6.13. The van der Waals surface area contributed by atoms with Gasteiger partial charge >= 0.3 is 0 Å². The molecule has 0 radical (unpaired) electrons. The first-order valence-electron chi connectivity index (χ1n) is 6.13. The van der Waals surface area contributed by atoms with Crippen LogP contribution in [-0.2, 0) is 11.2 Å². The minimum Gasteiger partial charge on any atom is -0.350 e. The second-order valence-corrected chi connectivity index (χ2v) is 4.88. The van der Waals surface area contributed by atoms with E-state index in [2.05, 4.69) is 5.32 Å². The van der Waals surface area contributed by atoms with Gasteiger partial charge in [-0.1, -0.05) is 0 Å². The molecular formula is C14H13F2NO. The minimum atomic E-state index is -0.857. The maximum absolute atomic E-state index is 13.2.